The number of halogens is 1. The van der Waals surface area contributed by atoms with Crippen molar-refractivity contribution >= 4 is 38.9 Å². The first-order valence-corrected chi connectivity index (χ1v) is 13.1. The van der Waals surface area contributed by atoms with Crippen LogP contribution in [0.4, 0.5) is 11.4 Å². The summed E-state index contributed by atoms with van der Waals surface area (Å²) in [6.45, 7) is 8.14. The van der Waals surface area contributed by atoms with Crippen molar-refractivity contribution in [1.29, 1.82) is 0 Å². The Morgan fingerprint density at radius 2 is 1.67 bits per heavy atom. The van der Waals surface area contributed by atoms with Gasteiger partial charge in [0.05, 0.1) is 28.7 Å². The van der Waals surface area contributed by atoms with E-state index < -0.39 is 15.9 Å². The molecule has 0 unspecified atom stereocenters. The summed E-state index contributed by atoms with van der Waals surface area (Å²) >= 11 is 6.28. The normalized spacial score (nSPS) is 22.2. The van der Waals surface area contributed by atoms with E-state index >= 15 is 0 Å². The van der Waals surface area contributed by atoms with Crippen LogP contribution in [0.25, 0.3) is 0 Å². The molecule has 0 radical (unpaired) electrons. The average molecular weight is 492 g/mol. The summed E-state index contributed by atoms with van der Waals surface area (Å²) < 4.78 is 33.4. The van der Waals surface area contributed by atoms with E-state index in [0.717, 1.165) is 25.2 Å². The van der Waals surface area contributed by atoms with Crippen molar-refractivity contribution in [3.8, 4) is 0 Å². The first-order valence-electron chi connectivity index (χ1n) is 11.3. The number of nitrogens with one attached hydrogen (secondary N) is 1. The number of anilines is 2. The van der Waals surface area contributed by atoms with Gasteiger partial charge in [0.2, 0.25) is 10.0 Å². The van der Waals surface area contributed by atoms with Gasteiger partial charge in [0, 0.05) is 37.6 Å². The number of carbonyl (C=O) groups excluding carboxylic acids is 1. The third kappa shape index (κ3) is 5.51. The Labute approximate surface area is 200 Å². The Morgan fingerprint density at radius 3 is 2.30 bits per heavy atom. The molecule has 4 rings (SSSR count). The molecule has 9 heteroatoms. The van der Waals surface area contributed by atoms with Crippen LogP contribution in [0.15, 0.2) is 47.4 Å². The molecule has 0 saturated carbocycles. The van der Waals surface area contributed by atoms with Gasteiger partial charge >= 0.3 is 0 Å². The summed E-state index contributed by atoms with van der Waals surface area (Å²) in [7, 11) is -3.71. The summed E-state index contributed by atoms with van der Waals surface area (Å²) in [6.07, 6.45) is 1.00. The SMILES string of the molecule is C[C@@H]1C[C@@H](C)CN(S(=O)(=O)c2ccc(Cl)c(C(=O)Nc3ccc(N4CCOCC4)cc3)c2)C1. The lowest BCUT2D eigenvalue weighted by Gasteiger charge is -2.34. The maximum absolute atomic E-state index is 13.2. The first-order chi connectivity index (χ1) is 15.7. The lowest BCUT2D eigenvalue weighted by Crippen LogP contribution is -2.42. The first kappa shape index (κ1) is 24.0. The Hall–Kier alpha value is -2.13. The number of piperidine rings is 1. The number of amides is 1. The van der Waals surface area contributed by atoms with Crippen LogP contribution in [-0.2, 0) is 14.8 Å². The predicted octanol–water partition coefficient (Wildman–Crippen LogP) is 4.10. The molecule has 2 heterocycles. The molecule has 2 aliphatic heterocycles. The van der Waals surface area contributed by atoms with E-state index in [9.17, 15) is 13.2 Å². The van der Waals surface area contributed by atoms with Gasteiger partial charge in [-0.05, 0) is 60.7 Å². The van der Waals surface area contributed by atoms with Gasteiger partial charge in [-0.2, -0.15) is 4.31 Å². The Balaban J connectivity index is 1.51. The fraction of sp³-hybridized carbons (Fsp3) is 0.458. The molecule has 0 spiro atoms. The Morgan fingerprint density at radius 1 is 1.03 bits per heavy atom. The molecule has 0 aliphatic carbocycles. The van der Waals surface area contributed by atoms with Crippen molar-refractivity contribution in [3.63, 3.8) is 0 Å². The van der Waals surface area contributed by atoms with Gasteiger partial charge < -0.3 is 15.0 Å². The van der Waals surface area contributed by atoms with E-state index in [4.69, 9.17) is 16.3 Å². The zero-order valence-electron chi connectivity index (χ0n) is 19.0. The van der Waals surface area contributed by atoms with Gasteiger partial charge in [-0.15, -0.1) is 0 Å². The molecular formula is C24H30ClN3O4S. The van der Waals surface area contributed by atoms with Gasteiger partial charge in [0.25, 0.3) is 5.91 Å². The highest BCUT2D eigenvalue weighted by Crippen LogP contribution is 2.29. The summed E-state index contributed by atoms with van der Waals surface area (Å²) in [5.41, 5.74) is 1.81. The Bertz CT molecular complexity index is 1090. The molecule has 2 fully saturated rings. The third-order valence-corrected chi connectivity index (χ3v) is 8.31. The highest BCUT2D eigenvalue weighted by atomic mass is 35.5. The van der Waals surface area contributed by atoms with Crippen LogP contribution in [0.1, 0.15) is 30.6 Å². The summed E-state index contributed by atoms with van der Waals surface area (Å²) in [5, 5.41) is 3.03. The monoisotopic (exact) mass is 491 g/mol. The largest absolute Gasteiger partial charge is 0.378 e. The minimum atomic E-state index is -3.71. The second kappa shape index (κ2) is 10.0. The van der Waals surface area contributed by atoms with Crippen LogP contribution in [0.3, 0.4) is 0 Å². The van der Waals surface area contributed by atoms with Crippen molar-refractivity contribution in [3.05, 3.63) is 53.1 Å². The lowest BCUT2D eigenvalue weighted by molar-refractivity contribution is 0.102. The van der Waals surface area contributed by atoms with Gasteiger partial charge in [0.1, 0.15) is 0 Å². The van der Waals surface area contributed by atoms with Crippen LogP contribution in [0.5, 0.6) is 0 Å². The number of hydrogen-bond donors (Lipinski definition) is 1. The van der Waals surface area contributed by atoms with Crippen LogP contribution < -0.4 is 10.2 Å². The number of sulfonamides is 1. The average Bonchev–Trinajstić information content (AvgIpc) is 2.79. The zero-order chi connectivity index (χ0) is 23.6. The number of nitrogens with zero attached hydrogens (tertiary/aromatic N) is 2. The summed E-state index contributed by atoms with van der Waals surface area (Å²) in [5.74, 6) is 0.134. The second-order valence-corrected chi connectivity index (χ2v) is 11.4. The molecule has 178 valence electrons. The minimum absolute atomic E-state index is 0.0843. The van der Waals surface area contributed by atoms with E-state index in [-0.39, 0.29) is 15.5 Å². The fourth-order valence-corrected chi connectivity index (χ4v) is 6.48. The highest BCUT2D eigenvalue weighted by molar-refractivity contribution is 7.89. The van der Waals surface area contributed by atoms with Crippen molar-refractivity contribution in [2.24, 2.45) is 11.8 Å². The van der Waals surface area contributed by atoms with Crippen molar-refractivity contribution in [2.75, 3.05) is 49.6 Å². The number of rotatable bonds is 5. The minimum Gasteiger partial charge on any atom is -0.378 e. The van der Waals surface area contributed by atoms with Crippen LogP contribution in [-0.4, -0.2) is 58.0 Å². The summed E-state index contributed by atoms with van der Waals surface area (Å²) in [4.78, 5) is 15.3. The molecule has 2 aliphatic rings. The van der Waals surface area contributed by atoms with E-state index in [2.05, 4.69) is 24.1 Å². The van der Waals surface area contributed by atoms with E-state index in [1.807, 2.05) is 24.3 Å². The summed E-state index contributed by atoms with van der Waals surface area (Å²) in [6, 6.07) is 11.9. The maximum Gasteiger partial charge on any atom is 0.257 e. The molecule has 33 heavy (non-hydrogen) atoms. The van der Waals surface area contributed by atoms with Gasteiger partial charge in [-0.25, -0.2) is 8.42 Å². The zero-order valence-corrected chi connectivity index (χ0v) is 20.5. The standard InChI is InChI=1S/C24H30ClN3O4S/c1-17-13-18(2)16-28(15-17)33(30,31)21-7-8-23(25)22(14-21)24(29)26-19-3-5-20(6-4-19)27-9-11-32-12-10-27/h3-8,14,17-18H,9-13,15-16H2,1-2H3,(H,26,29)/t17-,18-/m1/s1. The smallest absolute Gasteiger partial charge is 0.257 e. The van der Waals surface area contributed by atoms with E-state index in [0.29, 0.717) is 43.8 Å². The molecule has 1 N–H and O–H groups in total. The predicted molar refractivity (Wildman–Crippen MR) is 131 cm³/mol. The Kier molecular flexibility index (Phi) is 7.28. The van der Waals surface area contributed by atoms with Gasteiger partial charge in [-0.3, -0.25) is 4.79 Å². The fourth-order valence-electron chi connectivity index (χ4n) is 4.57. The molecule has 2 saturated heterocycles. The molecule has 2 atom stereocenters. The van der Waals surface area contributed by atoms with Gasteiger partial charge in [0.15, 0.2) is 0 Å². The molecule has 7 nitrogen and oxygen atoms in total. The topological polar surface area (TPSA) is 79.0 Å². The molecule has 0 aromatic heterocycles. The maximum atomic E-state index is 13.2. The number of hydrogen-bond acceptors (Lipinski definition) is 5. The molecule has 2 aromatic carbocycles. The number of morpholine rings is 1. The third-order valence-electron chi connectivity index (χ3n) is 6.16. The van der Waals surface area contributed by atoms with Crippen molar-refractivity contribution in [2.45, 2.75) is 25.2 Å². The van der Waals surface area contributed by atoms with Crippen LogP contribution >= 0.6 is 11.6 Å². The quantitative estimate of drug-likeness (QED) is 0.681. The van der Waals surface area contributed by atoms with Gasteiger partial charge in [-0.1, -0.05) is 25.4 Å². The lowest BCUT2D eigenvalue weighted by atomic mass is 9.94. The van der Waals surface area contributed by atoms with Crippen molar-refractivity contribution in [1.82, 2.24) is 4.31 Å². The van der Waals surface area contributed by atoms with Crippen molar-refractivity contribution < 1.29 is 17.9 Å². The highest BCUT2D eigenvalue weighted by Gasteiger charge is 2.32. The number of benzene rings is 2. The van der Waals surface area contributed by atoms with E-state index in [1.165, 1.54) is 22.5 Å². The van der Waals surface area contributed by atoms with Crippen LogP contribution in [0, 0.1) is 11.8 Å². The van der Waals surface area contributed by atoms with Crippen LogP contribution in [0.2, 0.25) is 5.02 Å². The molecule has 2 aromatic rings. The second-order valence-electron chi connectivity index (χ2n) is 9.01. The molecular weight excluding hydrogens is 462 g/mol. The molecule has 1 amide bonds. The number of ether oxygens (including phenoxy) is 1. The molecule has 0 bridgehead atoms. The number of carbonyl (C=O) groups is 1. The van der Waals surface area contributed by atoms with E-state index in [1.54, 1.807) is 0 Å².